The van der Waals surface area contributed by atoms with Crippen molar-refractivity contribution >= 4 is 38.7 Å². The zero-order valence-electron chi connectivity index (χ0n) is 16.0. The number of fused-ring (bicyclic) bond motifs is 1. The Hall–Kier alpha value is -2.68. The molecule has 29 heavy (non-hydrogen) atoms. The Kier molecular flexibility index (Phi) is 5.66. The van der Waals surface area contributed by atoms with Crippen molar-refractivity contribution in [2.45, 2.75) is 26.5 Å². The van der Waals surface area contributed by atoms with Crippen molar-refractivity contribution in [3.05, 3.63) is 67.7 Å². The van der Waals surface area contributed by atoms with E-state index in [9.17, 15) is 9.59 Å². The van der Waals surface area contributed by atoms with E-state index in [1.54, 1.807) is 35.3 Å². The summed E-state index contributed by atoms with van der Waals surface area (Å²) in [5, 5.41) is 3.02. The normalized spacial score (nSPS) is 11.2. The molecular weight excluding hydrogens is 406 g/mol. The fourth-order valence-electron chi connectivity index (χ4n) is 3.07. The first-order chi connectivity index (χ1) is 14.0. The number of hydrogen-bond acceptors (Lipinski definition) is 7. The molecule has 0 atom stereocenters. The number of benzene rings is 1. The first-order valence-corrected chi connectivity index (χ1v) is 10.8. The summed E-state index contributed by atoms with van der Waals surface area (Å²) in [4.78, 5) is 32.5. The Morgan fingerprint density at radius 1 is 1.17 bits per heavy atom. The number of aryl methyl sites for hydroxylation is 2. The monoisotopic (exact) mass is 425 g/mol. The molecule has 1 aromatic carbocycles. The standard InChI is InChI=1S/C21H19N3O3S2/c1-13(25)15-5-6-16(22-10-15)17-11-28-20(23-17)8-4-14-3-7-18-19(9-14)29-21(26)24(18)12-27-2/h3,5-7,9-11H,4,8,12H2,1-2H3. The van der Waals surface area contributed by atoms with Gasteiger partial charge in [0, 0.05) is 30.7 Å². The molecular formula is C21H19N3O3S2. The van der Waals surface area contributed by atoms with Crippen LogP contribution in [0, 0.1) is 0 Å². The Morgan fingerprint density at radius 2 is 2.03 bits per heavy atom. The van der Waals surface area contributed by atoms with E-state index in [2.05, 4.69) is 22.1 Å². The van der Waals surface area contributed by atoms with Crippen LogP contribution >= 0.6 is 22.7 Å². The maximum atomic E-state index is 12.1. The number of pyridine rings is 1. The van der Waals surface area contributed by atoms with Crippen LogP contribution in [-0.4, -0.2) is 27.4 Å². The highest BCUT2D eigenvalue weighted by Crippen LogP contribution is 2.23. The van der Waals surface area contributed by atoms with Crippen molar-refractivity contribution in [2.75, 3.05) is 7.11 Å². The smallest absolute Gasteiger partial charge is 0.310 e. The van der Waals surface area contributed by atoms with Gasteiger partial charge < -0.3 is 4.74 Å². The Bertz CT molecular complexity index is 1220. The van der Waals surface area contributed by atoms with E-state index in [0.29, 0.717) is 5.56 Å². The molecule has 0 aliphatic rings. The van der Waals surface area contributed by atoms with Gasteiger partial charge in [0.05, 0.1) is 26.6 Å². The van der Waals surface area contributed by atoms with E-state index in [4.69, 9.17) is 4.74 Å². The summed E-state index contributed by atoms with van der Waals surface area (Å²) in [6.45, 7) is 1.79. The Labute approximate surface area is 175 Å². The number of aromatic nitrogens is 3. The predicted octanol–water partition coefficient (Wildman–Crippen LogP) is 4.17. The summed E-state index contributed by atoms with van der Waals surface area (Å²) in [6, 6.07) is 9.72. The van der Waals surface area contributed by atoms with Crippen molar-refractivity contribution in [3.8, 4) is 11.4 Å². The summed E-state index contributed by atoms with van der Waals surface area (Å²) in [5.41, 5.74) is 4.26. The van der Waals surface area contributed by atoms with Gasteiger partial charge in [0.1, 0.15) is 6.73 Å². The van der Waals surface area contributed by atoms with Crippen LogP contribution in [0.1, 0.15) is 27.9 Å². The van der Waals surface area contributed by atoms with E-state index < -0.39 is 0 Å². The van der Waals surface area contributed by atoms with Crippen LogP contribution in [0.2, 0.25) is 0 Å². The summed E-state index contributed by atoms with van der Waals surface area (Å²) >= 11 is 2.85. The molecule has 0 N–H and O–H groups in total. The average Bonchev–Trinajstić information content (AvgIpc) is 3.31. The van der Waals surface area contributed by atoms with E-state index in [0.717, 1.165) is 39.5 Å². The maximum absolute atomic E-state index is 12.1. The second-order valence-electron chi connectivity index (χ2n) is 6.63. The van der Waals surface area contributed by atoms with Gasteiger partial charge in [-0.15, -0.1) is 11.3 Å². The van der Waals surface area contributed by atoms with E-state index in [1.165, 1.54) is 23.8 Å². The fraction of sp³-hybridized carbons (Fsp3) is 0.238. The molecule has 3 heterocycles. The number of carbonyl (C=O) groups excluding carboxylic acids is 1. The Morgan fingerprint density at radius 3 is 2.76 bits per heavy atom. The third kappa shape index (κ3) is 4.19. The molecule has 0 unspecified atom stereocenters. The van der Waals surface area contributed by atoms with Gasteiger partial charge in [0.25, 0.3) is 0 Å². The highest BCUT2D eigenvalue weighted by atomic mass is 32.1. The average molecular weight is 426 g/mol. The highest BCUT2D eigenvalue weighted by Gasteiger charge is 2.10. The van der Waals surface area contributed by atoms with Crippen molar-refractivity contribution in [3.63, 3.8) is 0 Å². The lowest BCUT2D eigenvalue weighted by molar-refractivity contribution is 0.101. The molecule has 0 saturated heterocycles. The summed E-state index contributed by atoms with van der Waals surface area (Å²) in [7, 11) is 1.58. The highest BCUT2D eigenvalue weighted by molar-refractivity contribution is 7.16. The van der Waals surface area contributed by atoms with E-state index in [1.807, 2.05) is 17.5 Å². The summed E-state index contributed by atoms with van der Waals surface area (Å²) in [6.07, 6.45) is 3.25. The minimum Gasteiger partial charge on any atom is -0.364 e. The van der Waals surface area contributed by atoms with E-state index in [-0.39, 0.29) is 17.4 Å². The van der Waals surface area contributed by atoms with Gasteiger partial charge in [0.2, 0.25) is 0 Å². The van der Waals surface area contributed by atoms with Crippen LogP contribution < -0.4 is 4.87 Å². The molecule has 3 aromatic heterocycles. The number of rotatable bonds is 7. The Balaban J connectivity index is 1.47. The molecule has 0 saturated carbocycles. The number of hydrogen-bond donors (Lipinski definition) is 0. The van der Waals surface area contributed by atoms with Crippen molar-refractivity contribution in [2.24, 2.45) is 0 Å². The van der Waals surface area contributed by atoms with Crippen LogP contribution in [0.5, 0.6) is 0 Å². The van der Waals surface area contributed by atoms with E-state index >= 15 is 0 Å². The summed E-state index contributed by atoms with van der Waals surface area (Å²) < 4.78 is 7.72. The molecule has 0 fully saturated rings. The van der Waals surface area contributed by atoms with Crippen molar-refractivity contribution < 1.29 is 9.53 Å². The topological polar surface area (TPSA) is 74.1 Å². The first kappa shape index (κ1) is 19.6. The maximum Gasteiger partial charge on any atom is 0.310 e. The van der Waals surface area contributed by atoms with Crippen LogP contribution in [0.3, 0.4) is 0 Å². The third-order valence-electron chi connectivity index (χ3n) is 4.60. The first-order valence-electron chi connectivity index (χ1n) is 9.08. The number of methoxy groups -OCH3 is 1. The number of nitrogens with zero attached hydrogens (tertiary/aromatic N) is 3. The molecule has 0 spiro atoms. The SMILES string of the molecule is COCn1c(=O)sc2cc(CCc3nc(-c4ccc(C(C)=O)cn4)cs3)ccc21. The van der Waals surface area contributed by atoms with Gasteiger partial charge in [-0.25, -0.2) is 4.98 Å². The molecule has 0 aliphatic heterocycles. The molecule has 0 amide bonds. The molecule has 0 aliphatic carbocycles. The number of ether oxygens (including phenoxy) is 1. The molecule has 4 aromatic rings. The lowest BCUT2D eigenvalue weighted by atomic mass is 10.1. The molecule has 0 bridgehead atoms. The second-order valence-corrected chi connectivity index (χ2v) is 8.57. The van der Waals surface area contributed by atoms with Gasteiger partial charge in [-0.2, -0.15) is 0 Å². The lowest BCUT2D eigenvalue weighted by Crippen LogP contribution is -2.13. The van der Waals surface area contributed by atoms with Gasteiger partial charge in [-0.05, 0) is 43.2 Å². The van der Waals surface area contributed by atoms with Crippen LogP contribution in [0.15, 0.2) is 46.7 Å². The van der Waals surface area contributed by atoms with Crippen LogP contribution in [0.4, 0.5) is 0 Å². The predicted molar refractivity (Wildman–Crippen MR) is 116 cm³/mol. The molecule has 4 rings (SSSR count). The second kappa shape index (κ2) is 8.36. The molecule has 6 nitrogen and oxygen atoms in total. The van der Waals surface area contributed by atoms with Crippen molar-refractivity contribution in [1.82, 2.24) is 14.5 Å². The zero-order chi connectivity index (χ0) is 20.4. The largest absolute Gasteiger partial charge is 0.364 e. The number of carbonyl (C=O) groups is 1. The van der Waals surface area contributed by atoms with Gasteiger partial charge in [-0.1, -0.05) is 17.4 Å². The summed E-state index contributed by atoms with van der Waals surface area (Å²) in [5.74, 6) is 0.00238. The number of thiazole rings is 2. The minimum absolute atomic E-state index is 0.00238. The number of ketones is 1. The van der Waals surface area contributed by atoms with Crippen LogP contribution in [-0.2, 0) is 24.3 Å². The fourth-order valence-corrected chi connectivity index (χ4v) is 4.80. The van der Waals surface area contributed by atoms with Gasteiger partial charge in [0.15, 0.2) is 5.78 Å². The minimum atomic E-state index is -0.00754. The van der Waals surface area contributed by atoms with Crippen LogP contribution in [0.25, 0.3) is 21.6 Å². The quantitative estimate of drug-likeness (QED) is 0.416. The number of Topliss-reactive ketones (excluding diaryl/α,β-unsaturated/α-hetero) is 1. The molecule has 8 heteroatoms. The van der Waals surface area contributed by atoms with Crippen molar-refractivity contribution in [1.29, 1.82) is 0 Å². The molecule has 0 radical (unpaired) electrons. The zero-order valence-corrected chi connectivity index (χ0v) is 17.7. The molecule has 148 valence electrons. The third-order valence-corrected chi connectivity index (χ3v) is 6.45. The van der Waals surface area contributed by atoms with Gasteiger partial charge in [-0.3, -0.25) is 19.1 Å². The lowest BCUT2D eigenvalue weighted by Gasteiger charge is -2.03. The van der Waals surface area contributed by atoms with Gasteiger partial charge >= 0.3 is 4.87 Å².